The summed E-state index contributed by atoms with van der Waals surface area (Å²) < 4.78 is 11.3. The molecule has 0 heterocycles. The number of carboxylic acid groups (broad SMARTS) is 1. The molecule has 0 atom stereocenters. The van der Waals surface area contributed by atoms with Gasteiger partial charge in [0.2, 0.25) is 0 Å². The van der Waals surface area contributed by atoms with Crippen molar-refractivity contribution in [3.63, 3.8) is 0 Å². The molecular weight excluding hydrogens is 314 g/mol. The van der Waals surface area contributed by atoms with Crippen molar-refractivity contribution in [1.82, 2.24) is 4.90 Å². The van der Waals surface area contributed by atoms with E-state index in [-0.39, 0.29) is 0 Å². The van der Waals surface area contributed by atoms with E-state index in [0.717, 1.165) is 10.0 Å². The molecule has 0 spiro atoms. The van der Waals surface area contributed by atoms with Gasteiger partial charge in [0.1, 0.15) is 11.5 Å². The molecule has 1 aromatic carbocycles. The minimum absolute atomic E-state index is 0.424. The van der Waals surface area contributed by atoms with E-state index in [1.54, 1.807) is 14.2 Å². The van der Waals surface area contributed by atoms with Crippen LogP contribution in [0.25, 0.3) is 0 Å². The summed E-state index contributed by atoms with van der Waals surface area (Å²) >= 11 is 3.39. The maximum Gasteiger partial charge on any atom is 0.407 e. The average molecular weight is 332 g/mol. The Morgan fingerprint density at radius 2 is 1.95 bits per heavy atom. The lowest BCUT2D eigenvalue weighted by Gasteiger charge is -2.18. The number of ether oxygens (including phenoxy) is 2. The molecule has 1 aromatic rings. The van der Waals surface area contributed by atoms with Crippen molar-refractivity contribution < 1.29 is 19.4 Å². The van der Waals surface area contributed by atoms with E-state index in [2.05, 4.69) is 15.9 Å². The number of hydrogen-bond acceptors (Lipinski definition) is 3. The van der Waals surface area contributed by atoms with Gasteiger partial charge in [-0.1, -0.05) is 0 Å². The molecule has 0 unspecified atom stereocenters. The predicted octanol–water partition coefficient (Wildman–Crippen LogP) is 3.01. The first kappa shape index (κ1) is 15.6. The zero-order valence-electron chi connectivity index (χ0n) is 11.3. The molecular formula is C13H18BrNO4. The number of benzene rings is 1. The second-order valence-corrected chi connectivity index (χ2v) is 4.77. The first-order valence-corrected chi connectivity index (χ1v) is 6.71. The molecule has 0 bridgehead atoms. The van der Waals surface area contributed by atoms with E-state index in [9.17, 15) is 4.79 Å². The molecule has 1 N–H and O–H groups in total. The normalized spacial score (nSPS) is 10.1. The van der Waals surface area contributed by atoms with Crippen LogP contribution in [0.5, 0.6) is 11.5 Å². The highest BCUT2D eigenvalue weighted by Gasteiger charge is 2.13. The van der Waals surface area contributed by atoms with Crippen LogP contribution in [0.3, 0.4) is 0 Å². The summed E-state index contributed by atoms with van der Waals surface area (Å²) in [6, 6.07) is 3.68. The maximum absolute atomic E-state index is 10.9. The Bertz CT molecular complexity index is 451. The summed E-state index contributed by atoms with van der Waals surface area (Å²) in [5.41, 5.74) is 0.919. The summed E-state index contributed by atoms with van der Waals surface area (Å²) in [5, 5.41) is 8.99. The van der Waals surface area contributed by atoms with Crippen LogP contribution < -0.4 is 9.47 Å². The second-order valence-electron chi connectivity index (χ2n) is 3.91. The van der Waals surface area contributed by atoms with Crippen LogP contribution in [0.2, 0.25) is 0 Å². The van der Waals surface area contributed by atoms with Crippen LogP contribution in [0.4, 0.5) is 4.79 Å². The Morgan fingerprint density at radius 1 is 1.32 bits per heavy atom. The van der Waals surface area contributed by atoms with Crippen LogP contribution >= 0.6 is 15.9 Å². The van der Waals surface area contributed by atoms with Gasteiger partial charge in [-0.05, 0) is 47.0 Å². The van der Waals surface area contributed by atoms with Crippen molar-refractivity contribution in [1.29, 1.82) is 0 Å². The fraction of sp³-hybridized carbons (Fsp3) is 0.462. The molecule has 1 rings (SSSR count). The number of likely N-dealkylation sites (N-methyl/N-ethyl adjacent to an activating group) is 1. The molecule has 0 fully saturated rings. The quantitative estimate of drug-likeness (QED) is 0.870. The van der Waals surface area contributed by atoms with Gasteiger partial charge in [-0.3, -0.25) is 0 Å². The lowest BCUT2D eigenvalue weighted by molar-refractivity contribution is 0.148. The number of halogens is 1. The summed E-state index contributed by atoms with van der Waals surface area (Å²) in [4.78, 5) is 12.3. The smallest absolute Gasteiger partial charge is 0.407 e. The fourth-order valence-corrected chi connectivity index (χ4v) is 2.25. The van der Waals surface area contributed by atoms with Gasteiger partial charge in [0.05, 0.1) is 18.7 Å². The van der Waals surface area contributed by atoms with E-state index >= 15 is 0 Å². The summed E-state index contributed by atoms with van der Waals surface area (Å²) in [7, 11) is 3.18. The third-order valence-electron chi connectivity index (χ3n) is 2.86. The number of carbonyl (C=O) groups is 1. The van der Waals surface area contributed by atoms with Crippen molar-refractivity contribution in [3.05, 3.63) is 22.2 Å². The minimum atomic E-state index is -0.912. The second kappa shape index (κ2) is 7.23. The highest BCUT2D eigenvalue weighted by molar-refractivity contribution is 9.10. The van der Waals surface area contributed by atoms with Gasteiger partial charge in [-0.15, -0.1) is 0 Å². The molecule has 5 nitrogen and oxygen atoms in total. The van der Waals surface area contributed by atoms with Gasteiger partial charge < -0.3 is 19.5 Å². The van der Waals surface area contributed by atoms with Gasteiger partial charge in [0, 0.05) is 13.1 Å². The lowest BCUT2D eigenvalue weighted by atomic mass is 10.1. The number of methoxy groups -OCH3 is 2. The summed E-state index contributed by atoms with van der Waals surface area (Å²) in [6.07, 6.45) is -0.335. The van der Waals surface area contributed by atoms with Gasteiger partial charge in [-0.2, -0.15) is 0 Å². The molecule has 19 heavy (non-hydrogen) atoms. The maximum atomic E-state index is 10.9. The molecule has 0 aliphatic rings. The number of hydrogen-bond donors (Lipinski definition) is 1. The summed E-state index contributed by atoms with van der Waals surface area (Å²) in [5.74, 6) is 1.42. The average Bonchev–Trinajstić information content (AvgIpc) is 2.39. The Kier molecular flexibility index (Phi) is 5.95. The Labute approximate surface area is 121 Å². The van der Waals surface area contributed by atoms with Crippen LogP contribution in [0, 0.1) is 0 Å². The van der Waals surface area contributed by atoms with Crippen LogP contribution in [-0.2, 0) is 6.42 Å². The summed E-state index contributed by atoms with van der Waals surface area (Å²) in [6.45, 7) is 2.70. The number of nitrogens with zero attached hydrogens (tertiary/aromatic N) is 1. The monoisotopic (exact) mass is 331 g/mol. The van der Waals surface area contributed by atoms with Crippen LogP contribution in [0.15, 0.2) is 16.6 Å². The van der Waals surface area contributed by atoms with E-state index in [1.807, 2.05) is 19.1 Å². The highest BCUT2D eigenvalue weighted by Crippen LogP contribution is 2.33. The highest BCUT2D eigenvalue weighted by atomic mass is 79.9. The molecule has 0 aromatic heterocycles. The standard InChI is InChI=1S/C13H18BrNO4/c1-4-15(13(16)17)6-5-9-7-12(19-3)10(14)8-11(9)18-2/h7-8H,4-6H2,1-3H3,(H,16,17). The van der Waals surface area contributed by atoms with E-state index in [0.29, 0.717) is 31.0 Å². The SMILES string of the molecule is CCN(CCc1cc(OC)c(Br)cc1OC)C(=O)O. The molecule has 106 valence electrons. The Morgan fingerprint density at radius 3 is 2.42 bits per heavy atom. The van der Waals surface area contributed by atoms with Crippen molar-refractivity contribution >= 4 is 22.0 Å². The Balaban J connectivity index is 2.90. The van der Waals surface area contributed by atoms with Gasteiger partial charge in [-0.25, -0.2) is 4.79 Å². The van der Waals surface area contributed by atoms with Crippen molar-refractivity contribution in [2.24, 2.45) is 0 Å². The zero-order chi connectivity index (χ0) is 14.4. The van der Waals surface area contributed by atoms with E-state index in [1.165, 1.54) is 4.90 Å². The van der Waals surface area contributed by atoms with Crippen molar-refractivity contribution in [3.8, 4) is 11.5 Å². The molecule has 0 saturated carbocycles. The molecule has 0 aliphatic carbocycles. The predicted molar refractivity (Wildman–Crippen MR) is 76.2 cm³/mol. The number of amides is 1. The van der Waals surface area contributed by atoms with Crippen LogP contribution in [0.1, 0.15) is 12.5 Å². The number of rotatable bonds is 6. The Hall–Kier alpha value is -1.43. The minimum Gasteiger partial charge on any atom is -0.496 e. The third kappa shape index (κ3) is 4.02. The molecule has 0 radical (unpaired) electrons. The largest absolute Gasteiger partial charge is 0.496 e. The van der Waals surface area contributed by atoms with Crippen LogP contribution in [-0.4, -0.2) is 43.4 Å². The van der Waals surface area contributed by atoms with Gasteiger partial charge in [0.25, 0.3) is 0 Å². The fourth-order valence-electron chi connectivity index (χ4n) is 1.76. The molecule has 0 saturated heterocycles. The first-order chi connectivity index (χ1) is 9.03. The topological polar surface area (TPSA) is 59.0 Å². The third-order valence-corrected chi connectivity index (χ3v) is 3.48. The molecule has 0 aliphatic heterocycles. The zero-order valence-corrected chi connectivity index (χ0v) is 12.9. The molecule has 6 heteroatoms. The first-order valence-electron chi connectivity index (χ1n) is 5.91. The van der Waals surface area contributed by atoms with Crippen molar-refractivity contribution in [2.45, 2.75) is 13.3 Å². The van der Waals surface area contributed by atoms with E-state index in [4.69, 9.17) is 14.6 Å². The van der Waals surface area contributed by atoms with Gasteiger partial charge >= 0.3 is 6.09 Å². The van der Waals surface area contributed by atoms with Gasteiger partial charge in [0.15, 0.2) is 0 Å². The lowest BCUT2D eigenvalue weighted by Crippen LogP contribution is -2.31. The molecule has 1 amide bonds. The van der Waals surface area contributed by atoms with Crippen molar-refractivity contribution in [2.75, 3.05) is 27.3 Å². The van der Waals surface area contributed by atoms with E-state index < -0.39 is 6.09 Å².